The number of anilines is 1. The van der Waals surface area contributed by atoms with Crippen LogP contribution in [0.3, 0.4) is 0 Å². The maximum Gasteiger partial charge on any atom is 0.255 e. The Morgan fingerprint density at radius 2 is 1.90 bits per heavy atom. The summed E-state index contributed by atoms with van der Waals surface area (Å²) >= 11 is 0. The molecular formula is C16H24N4O. The fourth-order valence-electron chi connectivity index (χ4n) is 3.36. The molecular weight excluding hydrogens is 264 g/mol. The van der Waals surface area contributed by atoms with Gasteiger partial charge in [0.1, 0.15) is 5.82 Å². The van der Waals surface area contributed by atoms with Gasteiger partial charge in [-0.2, -0.15) is 0 Å². The van der Waals surface area contributed by atoms with E-state index in [0.29, 0.717) is 11.4 Å². The summed E-state index contributed by atoms with van der Waals surface area (Å²) in [6.07, 6.45) is 6.51. The number of likely N-dealkylation sites (tertiary alicyclic amines) is 2. The first-order valence-electron chi connectivity index (χ1n) is 7.95. The fraction of sp³-hybridized carbons (Fsp3) is 0.625. The second-order valence-corrected chi connectivity index (χ2v) is 6.22. The second kappa shape index (κ2) is 6.43. The topological polar surface area (TPSA) is 62.5 Å². The number of rotatable bonds is 3. The highest BCUT2D eigenvalue weighted by atomic mass is 16.2. The third-order valence-electron chi connectivity index (χ3n) is 4.65. The summed E-state index contributed by atoms with van der Waals surface area (Å²) in [6.45, 7) is 5.46. The Morgan fingerprint density at radius 3 is 2.52 bits per heavy atom. The average molecular weight is 288 g/mol. The molecule has 0 aromatic carbocycles. The summed E-state index contributed by atoms with van der Waals surface area (Å²) in [5, 5.41) is 0. The smallest absolute Gasteiger partial charge is 0.255 e. The molecule has 5 heteroatoms. The first kappa shape index (κ1) is 14.3. The molecule has 114 valence electrons. The molecule has 0 unspecified atom stereocenters. The van der Waals surface area contributed by atoms with E-state index in [1.54, 1.807) is 18.3 Å². The Labute approximate surface area is 126 Å². The zero-order chi connectivity index (χ0) is 14.7. The number of amides is 1. The van der Waals surface area contributed by atoms with E-state index in [1.807, 2.05) is 4.90 Å². The summed E-state index contributed by atoms with van der Waals surface area (Å²) in [7, 11) is 0. The molecule has 0 spiro atoms. The van der Waals surface area contributed by atoms with Crippen molar-refractivity contribution >= 4 is 11.7 Å². The molecule has 1 amide bonds. The highest BCUT2D eigenvalue weighted by Crippen LogP contribution is 2.21. The third kappa shape index (κ3) is 3.53. The van der Waals surface area contributed by atoms with Gasteiger partial charge in [0.15, 0.2) is 0 Å². The number of nitrogens with two attached hydrogens (primary N) is 1. The lowest BCUT2D eigenvalue weighted by atomic mass is 9.96. The summed E-state index contributed by atoms with van der Waals surface area (Å²) in [5.41, 5.74) is 6.20. The van der Waals surface area contributed by atoms with Crippen molar-refractivity contribution in [2.24, 2.45) is 5.92 Å². The number of hydrogen-bond donors (Lipinski definition) is 1. The SMILES string of the molecule is Nc1ccc(C(=O)N2CCC(CN3CCCC3)CC2)cn1. The summed E-state index contributed by atoms with van der Waals surface area (Å²) < 4.78 is 0. The Kier molecular flexibility index (Phi) is 4.39. The van der Waals surface area contributed by atoms with Crippen LogP contribution in [0.25, 0.3) is 0 Å². The number of nitrogens with zero attached hydrogens (tertiary/aromatic N) is 3. The number of pyridine rings is 1. The lowest BCUT2D eigenvalue weighted by molar-refractivity contribution is 0.0672. The van der Waals surface area contributed by atoms with Crippen molar-refractivity contribution in [2.45, 2.75) is 25.7 Å². The molecule has 0 radical (unpaired) electrons. The standard InChI is InChI=1S/C16H24N4O/c17-15-4-3-14(11-18-15)16(21)20-9-5-13(6-10-20)12-19-7-1-2-8-19/h3-4,11,13H,1-2,5-10,12H2,(H2,17,18). The largest absolute Gasteiger partial charge is 0.384 e. The molecule has 2 aliphatic rings. The molecule has 0 bridgehead atoms. The first-order valence-corrected chi connectivity index (χ1v) is 7.95. The van der Waals surface area contributed by atoms with Crippen molar-refractivity contribution in [3.63, 3.8) is 0 Å². The number of piperidine rings is 1. The molecule has 1 aromatic rings. The number of nitrogen functional groups attached to an aromatic ring is 1. The van der Waals surface area contributed by atoms with Crippen LogP contribution in [0.15, 0.2) is 18.3 Å². The van der Waals surface area contributed by atoms with Crippen LogP contribution in [0.1, 0.15) is 36.0 Å². The molecule has 2 aliphatic heterocycles. The summed E-state index contributed by atoms with van der Waals surface area (Å²) in [5.74, 6) is 1.29. The maximum absolute atomic E-state index is 12.4. The highest BCUT2D eigenvalue weighted by Gasteiger charge is 2.25. The van der Waals surface area contributed by atoms with Gasteiger partial charge in [-0.05, 0) is 56.8 Å². The van der Waals surface area contributed by atoms with Crippen LogP contribution in [-0.4, -0.2) is 53.4 Å². The quantitative estimate of drug-likeness (QED) is 0.918. The lowest BCUT2D eigenvalue weighted by Crippen LogP contribution is -2.41. The Bertz CT molecular complexity index is 474. The van der Waals surface area contributed by atoms with E-state index >= 15 is 0 Å². The molecule has 21 heavy (non-hydrogen) atoms. The second-order valence-electron chi connectivity index (χ2n) is 6.22. The van der Waals surface area contributed by atoms with Gasteiger partial charge in [-0.15, -0.1) is 0 Å². The van der Waals surface area contributed by atoms with Crippen LogP contribution in [-0.2, 0) is 0 Å². The van der Waals surface area contributed by atoms with E-state index < -0.39 is 0 Å². The van der Waals surface area contributed by atoms with Gasteiger partial charge in [0.2, 0.25) is 0 Å². The first-order chi connectivity index (χ1) is 10.2. The zero-order valence-corrected chi connectivity index (χ0v) is 12.5. The highest BCUT2D eigenvalue weighted by molar-refractivity contribution is 5.94. The zero-order valence-electron chi connectivity index (χ0n) is 12.5. The lowest BCUT2D eigenvalue weighted by Gasteiger charge is -2.33. The van der Waals surface area contributed by atoms with Crippen molar-refractivity contribution in [3.05, 3.63) is 23.9 Å². The Hall–Kier alpha value is -1.62. The minimum absolute atomic E-state index is 0.0853. The molecule has 0 aliphatic carbocycles. The van der Waals surface area contributed by atoms with Gasteiger partial charge < -0.3 is 15.5 Å². The van der Waals surface area contributed by atoms with Crippen LogP contribution >= 0.6 is 0 Å². The molecule has 3 heterocycles. The Morgan fingerprint density at radius 1 is 1.19 bits per heavy atom. The van der Waals surface area contributed by atoms with Crippen LogP contribution in [0.2, 0.25) is 0 Å². The van der Waals surface area contributed by atoms with Gasteiger partial charge in [-0.3, -0.25) is 4.79 Å². The van der Waals surface area contributed by atoms with E-state index in [9.17, 15) is 4.79 Å². The molecule has 1 aromatic heterocycles. The minimum atomic E-state index is 0.0853. The predicted molar refractivity (Wildman–Crippen MR) is 83.0 cm³/mol. The van der Waals surface area contributed by atoms with Crippen molar-refractivity contribution in [2.75, 3.05) is 38.5 Å². The van der Waals surface area contributed by atoms with Gasteiger partial charge in [-0.25, -0.2) is 4.98 Å². The molecule has 2 fully saturated rings. The molecule has 2 N–H and O–H groups in total. The minimum Gasteiger partial charge on any atom is -0.384 e. The molecule has 0 saturated carbocycles. The van der Waals surface area contributed by atoms with E-state index in [-0.39, 0.29) is 5.91 Å². The number of carbonyl (C=O) groups excluding carboxylic acids is 1. The molecule has 2 saturated heterocycles. The van der Waals surface area contributed by atoms with Gasteiger partial charge in [0, 0.05) is 25.8 Å². The van der Waals surface area contributed by atoms with Gasteiger partial charge in [0.05, 0.1) is 5.56 Å². The molecule has 3 rings (SSSR count). The molecule has 0 atom stereocenters. The van der Waals surface area contributed by atoms with Crippen LogP contribution in [0, 0.1) is 5.92 Å². The summed E-state index contributed by atoms with van der Waals surface area (Å²) in [6, 6.07) is 3.45. The van der Waals surface area contributed by atoms with Crippen LogP contribution in [0.5, 0.6) is 0 Å². The van der Waals surface area contributed by atoms with Crippen molar-refractivity contribution in [3.8, 4) is 0 Å². The van der Waals surface area contributed by atoms with Crippen molar-refractivity contribution in [1.82, 2.24) is 14.8 Å². The number of carbonyl (C=O) groups is 1. The van der Waals surface area contributed by atoms with Crippen LogP contribution < -0.4 is 5.73 Å². The van der Waals surface area contributed by atoms with Gasteiger partial charge in [0.25, 0.3) is 5.91 Å². The van der Waals surface area contributed by atoms with Gasteiger partial charge >= 0.3 is 0 Å². The fourth-order valence-corrected chi connectivity index (χ4v) is 3.36. The van der Waals surface area contributed by atoms with Crippen molar-refractivity contribution < 1.29 is 4.79 Å². The van der Waals surface area contributed by atoms with E-state index in [2.05, 4.69) is 9.88 Å². The third-order valence-corrected chi connectivity index (χ3v) is 4.65. The van der Waals surface area contributed by atoms with Crippen molar-refractivity contribution in [1.29, 1.82) is 0 Å². The number of aromatic nitrogens is 1. The van der Waals surface area contributed by atoms with Crippen LogP contribution in [0.4, 0.5) is 5.82 Å². The molecule has 5 nitrogen and oxygen atoms in total. The van der Waals surface area contributed by atoms with Gasteiger partial charge in [-0.1, -0.05) is 0 Å². The normalized spacial score (nSPS) is 20.9. The van der Waals surface area contributed by atoms with E-state index in [4.69, 9.17) is 5.73 Å². The maximum atomic E-state index is 12.4. The number of hydrogen-bond acceptors (Lipinski definition) is 4. The van der Waals surface area contributed by atoms with E-state index in [1.165, 1.54) is 32.5 Å². The monoisotopic (exact) mass is 288 g/mol. The summed E-state index contributed by atoms with van der Waals surface area (Å²) in [4.78, 5) is 20.9. The predicted octanol–water partition coefficient (Wildman–Crippen LogP) is 1.61. The average Bonchev–Trinajstić information content (AvgIpc) is 3.01. The van der Waals surface area contributed by atoms with E-state index in [0.717, 1.165) is 31.8 Å². The Balaban J connectivity index is 1.50.